The van der Waals surface area contributed by atoms with Gasteiger partial charge in [0.2, 0.25) is 5.82 Å². The third kappa shape index (κ3) is 6.29. The first kappa shape index (κ1) is 29.2. The van der Waals surface area contributed by atoms with Crippen LogP contribution in [0.15, 0.2) is 66.8 Å². The fraction of sp³-hybridized carbons (Fsp3) is 0.389. The van der Waals surface area contributed by atoms with Gasteiger partial charge in [-0.1, -0.05) is 67.5 Å². The summed E-state index contributed by atoms with van der Waals surface area (Å²) >= 11 is 0. The number of ether oxygens (including phenoxy) is 1. The van der Waals surface area contributed by atoms with E-state index >= 15 is 8.78 Å². The van der Waals surface area contributed by atoms with E-state index in [4.69, 9.17) is 4.74 Å². The molecule has 0 aromatic heterocycles. The number of benzene rings is 3. The highest BCUT2D eigenvalue weighted by Crippen LogP contribution is 2.43. The van der Waals surface area contributed by atoms with E-state index in [-0.39, 0.29) is 16.9 Å². The molecule has 0 bridgehead atoms. The fourth-order valence-corrected chi connectivity index (χ4v) is 6.74. The van der Waals surface area contributed by atoms with Crippen LogP contribution in [0.25, 0.3) is 27.8 Å². The molecule has 3 aromatic rings. The van der Waals surface area contributed by atoms with Crippen LogP contribution in [0.2, 0.25) is 0 Å². The summed E-state index contributed by atoms with van der Waals surface area (Å²) in [6.07, 6.45) is 16.9. The Kier molecular flexibility index (Phi) is 9.32. The van der Waals surface area contributed by atoms with E-state index in [0.29, 0.717) is 22.6 Å². The Morgan fingerprint density at radius 2 is 1.29 bits per heavy atom. The fourth-order valence-electron chi connectivity index (χ4n) is 6.74. The van der Waals surface area contributed by atoms with Crippen molar-refractivity contribution in [3.63, 3.8) is 0 Å². The van der Waals surface area contributed by atoms with Crippen LogP contribution >= 0.6 is 0 Å². The maximum Gasteiger partial charge on any atom is 0.201 e. The molecule has 2 aliphatic rings. The average molecular weight is 563 g/mol. The minimum absolute atomic E-state index is 0.0665. The molecule has 0 radical (unpaired) electrons. The average Bonchev–Trinajstić information content (AvgIpc) is 3.01. The van der Waals surface area contributed by atoms with Crippen LogP contribution in [-0.4, -0.2) is 7.11 Å². The lowest BCUT2D eigenvalue weighted by molar-refractivity contribution is 0.190. The molecular weight excluding hydrogens is 524 g/mol. The minimum atomic E-state index is -1.07. The molecule has 1 nitrogen and oxygen atoms in total. The van der Waals surface area contributed by atoms with E-state index in [2.05, 4.69) is 25.2 Å². The number of methoxy groups -OCH3 is 1. The molecule has 216 valence electrons. The molecule has 1 saturated carbocycles. The summed E-state index contributed by atoms with van der Waals surface area (Å²) in [7, 11) is 1.27. The van der Waals surface area contributed by atoms with Gasteiger partial charge in [-0.05, 0) is 98.5 Å². The molecule has 0 N–H and O–H groups in total. The van der Waals surface area contributed by atoms with Crippen molar-refractivity contribution in [3.05, 3.63) is 95.6 Å². The van der Waals surface area contributed by atoms with Gasteiger partial charge in [0.1, 0.15) is 0 Å². The molecule has 3 aromatic carbocycles. The molecule has 5 rings (SSSR count). The van der Waals surface area contributed by atoms with Crippen molar-refractivity contribution >= 4 is 5.57 Å². The van der Waals surface area contributed by atoms with Gasteiger partial charge >= 0.3 is 0 Å². The van der Waals surface area contributed by atoms with E-state index in [0.717, 1.165) is 36.7 Å². The zero-order valence-electron chi connectivity index (χ0n) is 23.9. The lowest BCUT2D eigenvalue weighted by Crippen LogP contribution is -2.23. The lowest BCUT2D eigenvalue weighted by Gasteiger charge is -2.35. The summed E-state index contributed by atoms with van der Waals surface area (Å²) in [5.74, 6) is -1.78. The highest BCUT2D eigenvalue weighted by molar-refractivity contribution is 5.74. The maximum atomic E-state index is 15.3. The van der Waals surface area contributed by atoms with Gasteiger partial charge in [-0.25, -0.2) is 13.2 Å². The number of halogens is 4. The van der Waals surface area contributed by atoms with Gasteiger partial charge in [0.15, 0.2) is 23.2 Å². The number of rotatable bonds is 8. The van der Waals surface area contributed by atoms with Gasteiger partial charge in [-0.3, -0.25) is 0 Å². The first-order chi connectivity index (χ1) is 19.9. The Hall–Kier alpha value is -3.34. The number of hydrogen-bond donors (Lipinski definition) is 0. The van der Waals surface area contributed by atoms with Crippen LogP contribution in [0.1, 0.15) is 70.3 Å². The van der Waals surface area contributed by atoms with Gasteiger partial charge in [-0.2, -0.15) is 4.39 Å². The summed E-state index contributed by atoms with van der Waals surface area (Å²) in [5.41, 5.74) is 2.32. The number of hydrogen-bond acceptors (Lipinski definition) is 1. The van der Waals surface area contributed by atoms with Crippen LogP contribution in [0, 0.1) is 41.0 Å². The van der Waals surface area contributed by atoms with Gasteiger partial charge in [0.25, 0.3) is 0 Å². The number of allylic oxidation sites excluding steroid dienone is 4. The summed E-state index contributed by atoms with van der Waals surface area (Å²) in [6, 6.07) is 12.4. The quantitative estimate of drug-likeness (QED) is 0.196. The monoisotopic (exact) mass is 562 g/mol. The van der Waals surface area contributed by atoms with Gasteiger partial charge in [0, 0.05) is 16.7 Å². The third-order valence-corrected chi connectivity index (χ3v) is 9.19. The summed E-state index contributed by atoms with van der Waals surface area (Å²) < 4.78 is 64.2. The second kappa shape index (κ2) is 13.1. The van der Waals surface area contributed by atoms with E-state index in [9.17, 15) is 8.78 Å². The van der Waals surface area contributed by atoms with Crippen molar-refractivity contribution in [2.45, 2.75) is 64.7 Å². The third-order valence-electron chi connectivity index (χ3n) is 9.19. The Bertz CT molecular complexity index is 1410. The van der Waals surface area contributed by atoms with Crippen molar-refractivity contribution in [1.29, 1.82) is 0 Å². The Morgan fingerprint density at radius 1 is 0.707 bits per heavy atom. The molecule has 2 aliphatic carbocycles. The Balaban J connectivity index is 1.25. The predicted molar refractivity (Wildman–Crippen MR) is 159 cm³/mol. The zero-order chi connectivity index (χ0) is 28.9. The normalized spacial score (nSPS) is 21.2. The molecule has 0 aliphatic heterocycles. The topological polar surface area (TPSA) is 9.23 Å². The Labute approximate surface area is 240 Å². The van der Waals surface area contributed by atoms with E-state index < -0.39 is 23.3 Å². The molecule has 41 heavy (non-hydrogen) atoms. The molecule has 1 atom stereocenters. The molecule has 1 unspecified atom stereocenters. The van der Waals surface area contributed by atoms with Crippen LogP contribution in [0.3, 0.4) is 0 Å². The van der Waals surface area contributed by atoms with Crippen molar-refractivity contribution in [2.24, 2.45) is 17.8 Å². The van der Waals surface area contributed by atoms with Gasteiger partial charge < -0.3 is 4.74 Å². The first-order valence-electron chi connectivity index (χ1n) is 14.8. The highest BCUT2D eigenvalue weighted by atomic mass is 19.2. The smallest absolute Gasteiger partial charge is 0.201 e. The van der Waals surface area contributed by atoms with Crippen molar-refractivity contribution in [2.75, 3.05) is 7.11 Å². The predicted octanol–water partition coefficient (Wildman–Crippen LogP) is 10.9. The zero-order valence-corrected chi connectivity index (χ0v) is 23.9. The molecule has 0 heterocycles. The summed E-state index contributed by atoms with van der Waals surface area (Å²) in [4.78, 5) is 0. The van der Waals surface area contributed by atoms with Gasteiger partial charge in [-0.15, -0.1) is 0 Å². The van der Waals surface area contributed by atoms with Crippen LogP contribution < -0.4 is 4.74 Å². The lowest BCUT2D eigenvalue weighted by atomic mass is 9.70. The molecule has 0 amide bonds. The van der Waals surface area contributed by atoms with E-state index in [1.165, 1.54) is 57.8 Å². The van der Waals surface area contributed by atoms with E-state index in [1.807, 2.05) is 0 Å². The van der Waals surface area contributed by atoms with Crippen LogP contribution in [-0.2, 0) is 0 Å². The SMILES string of the molecule is C/C=C/CCC1CCC(C2CC=C(c3ccc(-c4ccc(-c5ccc(OC)c(F)c5F)cc4)c(F)c3F)CC2)CC1. The molecule has 1 fully saturated rings. The second-order valence-corrected chi connectivity index (χ2v) is 11.5. The standard InChI is InChI=1S/C36H38F4O/c1-3-4-5-6-23-7-9-24(10-8-23)25-11-13-26(14-12-25)29-19-20-30(34(38)33(29)37)27-15-17-28(18-16-27)31-21-22-32(41-2)36(40)35(31)39/h3-4,13,15-25H,5-12,14H2,1-2H3/b4-3+. The molecular formula is C36H38F4O. The van der Waals surface area contributed by atoms with E-state index in [1.54, 1.807) is 36.4 Å². The molecule has 5 heteroatoms. The molecule has 0 saturated heterocycles. The molecule has 0 spiro atoms. The van der Waals surface area contributed by atoms with Crippen LogP contribution in [0.4, 0.5) is 17.6 Å². The largest absolute Gasteiger partial charge is 0.494 e. The Morgan fingerprint density at radius 3 is 1.88 bits per heavy atom. The highest BCUT2D eigenvalue weighted by Gasteiger charge is 2.29. The van der Waals surface area contributed by atoms with Crippen LogP contribution in [0.5, 0.6) is 5.75 Å². The van der Waals surface area contributed by atoms with Gasteiger partial charge in [0.05, 0.1) is 7.11 Å². The minimum Gasteiger partial charge on any atom is -0.494 e. The van der Waals surface area contributed by atoms with Crippen molar-refractivity contribution in [3.8, 4) is 28.0 Å². The maximum absolute atomic E-state index is 15.3. The summed E-state index contributed by atoms with van der Waals surface area (Å²) in [6.45, 7) is 2.08. The second-order valence-electron chi connectivity index (χ2n) is 11.5. The van der Waals surface area contributed by atoms with Crippen molar-refractivity contribution in [1.82, 2.24) is 0 Å². The first-order valence-corrected chi connectivity index (χ1v) is 14.8. The van der Waals surface area contributed by atoms with Crippen molar-refractivity contribution < 1.29 is 22.3 Å². The summed E-state index contributed by atoms with van der Waals surface area (Å²) in [5, 5.41) is 0.